The van der Waals surface area contributed by atoms with Crippen molar-refractivity contribution in [3.8, 4) is 0 Å². The molecule has 5 nitrogen and oxygen atoms in total. The molecule has 0 radical (unpaired) electrons. The molecule has 0 aliphatic heterocycles. The fraction of sp³-hybridized carbons (Fsp3) is 0.455. The lowest BCUT2D eigenvalue weighted by molar-refractivity contribution is 0.171. The van der Waals surface area contributed by atoms with Gasteiger partial charge in [-0.15, -0.1) is 0 Å². The van der Waals surface area contributed by atoms with Gasteiger partial charge in [-0.05, 0) is 25.5 Å². The van der Waals surface area contributed by atoms with Crippen molar-refractivity contribution in [1.82, 2.24) is 4.31 Å². The van der Waals surface area contributed by atoms with Gasteiger partial charge >= 0.3 is 0 Å². The Morgan fingerprint density at radius 3 is 2.53 bits per heavy atom. The molecule has 1 aromatic carbocycles. The Balaban J connectivity index is 3.22. The minimum absolute atomic E-state index is 0.0378. The number of hydrogen-bond donors (Lipinski definition) is 2. The van der Waals surface area contributed by atoms with Crippen LogP contribution in [0.25, 0.3) is 0 Å². The van der Waals surface area contributed by atoms with Crippen LogP contribution in [0.4, 0.5) is 5.69 Å². The fourth-order valence-corrected chi connectivity index (χ4v) is 3.22. The highest BCUT2D eigenvalue weighted by atomic mass is 32.2. The molecule has 0 spiro atoms. The van der Waals surface area contributed by atoms with Gasteiger partial charge in [-0.2, -0.15) is 4.31 Å². The molecule has 0 saturated carbocycles. The summed E-state index contributed by atoms with van der Waals surface area (Å²) in [5.74, 6) is 0. The molecule has 1 rings (SSSR count). The maximum atomic E-state index is 12.2. The maximum Gasteiger partial charge on any atom is 0.245 e. The number of likely N-dealkylation sites (N-methyl/N-ethyl adjacent to an activating group) is 1. The first kappa shape index (κ1) is 14.0. The van der Waals surface area contributed by atoms with Crippen molar-refractivity contribution in [2.45, 2.75) is 24.8 Å². The Bertz CT molecular complexity index is 477. The van der Waals surface area contributed by atoms with Crippen LogP contribution in [0.5, 0.6) is 0 Å². The molecule has 6 heteroatoms. The van der Waals surface area contributed by atoms with Gasteiger partial charge in [0.2, 0.25) is 10.0 Å². The van der Waals surface area contributed by atoms with E-state index in [4.69, 9.17) is 5.73 Å². The first-order valence-electron chi connectivity index (χ1n) is 5.26. The molecule has 1 unspecified atom stereocenters. The summed E-state index contributed by atoms with van der Waals surface area (Å²) in [6.45, 7) is 3.27. The first-order valence-corrected chi connectivity index (χ1v) is 6.70. The number of aliphatic hydroxyl groups excluding tert-OH is 1. The minimum atomic E-state index is -3.65. The first-order chi connectivity index (χ1) is 7.76. The number of benzene rings is 1. The van der Waals surface area contributed by atoms with Crippen molar-refractivity contribution in [2.24, 2.45) is 0 Å². The van der Waals surface area contributed by atoms with Crippen molar-refractivity contribution in [3.63, 3.8) is 0 Å². The monoisotopic (exact) mass is 258 g/mol. The molecule has 0 heterocycles. The van der Waals surface area contributed by atoms with Crippen molar-refractivity contribution in [2.75, 3.05) is 19.3 Å². The van der Waals surface area contributed by atoms with Gasteiger partial charge in [0.25, 0.3) is 0 Å². The van der Waals surface area contributed by atoms with Crippen LogP contribution in [0.15, 0.2) is 23.1 Å². The highest BCUT2D eigenvalue weighted by Crippen LogP contribution is 2.25. The number of aryl methyl sites for hydroxylation is 1. The van der Waals surface area contributed by atoms with Crippen LogP contribution in [-0.2, 0) is 10.0 Å². The van der Waals surface area contributed by atoms with Crippen LogP contribution in [-0.4, -0.2) is 37.5 Å². The van der Waals surface area contributed by atoms with Gasteiger partial charge in [0.05, 0.1) is 11.8 Å². The number of nitrogens with two attached hydrogens (primary N) is 1. The van der Waals surface area contributed by atoms with Crippen LogP contribution >= 0.6 is 0 Å². The topological polar surface area (TPSA) is 83.6 Å². The molecule has 96 valence electrons. The molecule has 17 heavy (non-hydrogen) atoms. The van der Waals surface area contributed by atoms with Gasteiger partial charge in [-0.3, -0.25) is 0 Å². The number of nitrogens with zero attached hydrogens (tertiary/aromatic N) is 1. The van der Waals surface area contributed by atoms with Gasteiger partial charge in [0, 0.05) is 13.6 Å². The normalized spacial score (nSPS) is 13.9. The van der Waals surface area contributed by atoms with E-state index in [0.717, 1.165) is 4.31 Å². The Hall–Kier alpha value is -1.11. The van der Waals surface area contributed by atoms with E-state index in [-0.39, 0.29) is 17.1 Å². The van der Waals surface area contributed by atoms with Crippen molar-refractivity contribution < 1.29 is 13.5 Å². The summed E-state index contributed by atoms with van der Waals surface area (Å²) < 4.78 is 25.6. The molecule has 0 aromatic heterocycles. The average Bonchev–Trinajstić information content (AvgIpc) is 2.15. The maximum absolute atomic E-state index is 12.2. The second kappa shape index (κ2) is 5.03. The summed E-state index contributed by atoms with van der Waals surface area (Å²) in [6, 6.07) is 4.95. The van der Waals surface area contributed by atoms with E-state index in [1.165, 1.54) is 14.0 Å². The van der Waals surface area contributed by atoms with E-state index < -0.39 is 16.1 Å². The summed E-state index contributed by atoms with van der Waals surface area (Å²) in [6.07, 6.45) is -0.722. The van der Waals surface area contributed by atoms with Crippen LogP contribution in [0, 0.1) is 6.92 Å². The third-order valence-corrected chi connectivity index (χ3v) is 4.48. The van der Waals surface area contributed by atoms with Gasteiger partial charge in [0.15, 0.2) is 0 Å². The average molecular weight is 258 g/mol. The van der Waals surface area contributed by atoms with Crippen molar-refractivity contribution in [1.29, 1.82) is 0 Å². The Morgan fingerprint density at radius 2 is 2.06 bits per heavy atom. The lowest BCUT2D eigenvalue weighted by Gasteiger charge is -2.20. The summed E-state index contributed by atoms with van der Waals surface area (Å²) in [5, 5.41) is 9.23. The van der Waals surface area contributed by atoms with Crippen LogP contribution in [0.1, 0.15) is 12.5 Å². The lowest BCUT2D eigenvalue weighted by atomic mass is 10.2. The third kappa shape index (κ3) is 2.96. The molecule has 1 atom stereocenters. The van der Waals surface area contributed by atoms with Gasteiger partial charge in [-0.25, -0.2) is 8.42 Å². The highest BCUT2D eigenvalue weighted by molar-refractivity contribution is 7.89. The molecule has 1 aromatic rings. The number of aliphatic hydroxyl groups is 1. The lowest BCUT2D eigenvalue weighted by Crippen LogP contribution is -2.33. The summed E-state index contributed by atoms with van der Waals surface area (Å²) in [7, 11) is -2.22. The molecule has 0 saturated heterocycles. The van der Waals surface area contributed by atoms with Gasteiger partial charge < -0.3 is 10.8 Å². The molecule has 0 amide bonds. The second-order valence-corrected chi connectivity index (χ2v) is 6.11. The standard InChI is InChI=1S/C11H18N2O3S/c1-8-5-4-6-10(12)11(8)17(15,16)13(3)7-9(2)14/h4-6,9,14H,7,12H2,1-3H3. The number of sulfonamides is 1. The molecular formula is C11H18N2O3S. The largest absolute Gasteiger partial charge is 0.398 e. The van der Waals surface area contributed by atoms with E-state index in [0.29, 0.717) is 5.56 Å². The zero-order chi connectivity index (χ0) is 13.2. The highest BCUT2D eigenvalue weighted by Gasteiger charge is 2.25. The number of anilines is 1. The molecular weight excluding hydrogens is 240 g/mol. The van der Waals surface area contributed by atoms with Crippen molar-refractivity contribution >= 4 is 15.7 Å². The fourth-order valence-electron chi connectivity index (χ4n) is 1.65. The number of nitrogen functional groups attached to an aromatic ring is 1. The molecule has 0 bridgehead atoms. The zero-order valence-electron chi connectivity index (χ0n) is 10.2. The molecule has 0 aliphatic rings. The Labute approximate surface area is 102 Å². The van der Waals surface area contributed by atoms with Crippen LogP contribution in [0.2, 0.25) is 0 Å². The molecule has 0 aliphatic carbocycles. The summed E-state index contributed by atoms with van der Waals surface area (Å²) >= 11 is 0. The zero-order valence-corrected chi connectivity index (χ0v) is 11.0. The van der Waals surface area contributed by atoms with Gasteiger partial charge in [-0.1, -0.05) is 12.1 Å². The molecule has 3 N–H and O–H groups in total. The number of rotatable bonds is 4. The summed E-state index contributed by atoms with van der Waals surface area (Å²) in [5.41, 5.74) is 6.53. The Morgan fingerprint density at radius 1 is 1.47 bits per heavy atom. The van der Waals surface area contributed by atoms with E-state index in [2.05, 4.69) is 0 Å². The van der Waals surface area contributed by atoms with E-state index in [9.17, 15) is 13.5 Å². The van der Waals surface area contributed by atoms with Gasteiger partial charge in [0.1, 0.15) is 4.90 Å². The predicted octanol–water partition coefficient (Wildman–Crippen LogP) is 0.579. The van der Waals surface area contributed by atoms with E-state index in [1.807, 2.05) is 0 Å². The quantitative estimate of drug-likeness (QED) is 0.774. The third-order valence-electron chi connectivity index (χ3n) is 2.43. The Kier molecular flexibility index (Phi) is 4.13. The predicted molar refractivity (Wildman–Crippen MR) is 67.1 cm³/mol. The second-order valence-electron chi connectivity index (χ2n) is 4.13. The smallest absolute Gasteiger partial charge is 0.245 e. The number of hydrogen-bond acceptors (Lipinski definition) is 4. The van der Waals surface area contributed by atoms with E-state index in [1.54, 1.807) is 25.1 Å². The minimum Gasteiger partial charge on any atom is -0.398 e. The summed E-state index contributed by atoms with van der Waals surface area (Å²) in [4.78, 5) is 0.114. The van der Waals surface area contributed by atoms with E-state index >= 15 is 0 Å². The SMILES string of the molecule is Cc1cccc(N)c1S(=O)(=O)N(C)CC(C)O. The van der Waals surface area contributed by atoms with Crippen LogP contribution < -0.4 is 5.73 Å². The molecule has 0 fully saturated rings. The van der Waals surface area contributed by atoms with Crippen molar-refractivity contribution in [3.05, 3.63) is 23.8 Å². The van der Waals surface area contributed by atoms with Crippen LogP contribution in [0.3, 0.4) is 0 Å².